The van der Waals surface area contributed by atoms with Gasteiger partial charge in [0, 0.05) is 26.1 Å². The molecule has 3 N–H and O–H groups in total. The van der Waals surface area contributed by atoms with Crippen LogP contribution in [0.25, 0.3) is 11.1 Å². The van der Waals surface area contributed by atoms with Crippen molar-refractivity contribution in [3.05, 3.63) is 60.2 Å². The molecule has 2 aromatic rings. The number of hydrazine groups is 3. The third kappa shape index (κ3) is 7.29. The van der Waals surface area contributed by atoms with Crippen LogP contribution in [0, 0.1) is 5.92 Å². The van der Waals surface area contributed by atoms with Crippen LogP contribution in [0.3, 0.4) is 0 Å². The van der Waals surface area contributed by atoms with Crippen molar-refractivity contribution < 1.29 is 19.1 Å². The Kier molecular flexibility index (Phi) is 9.00. The molecule has 0 radical (unpaired) electrons. The van der Waals surface area contributed by atoms with Crippen LogP contribution in [0.15, 0.2) is 54.6 Å². The summed E-state index contributed by atoms with van der Waals surface area (Å²) in [5.74, 6) is -0.818. The second-order valence-electron chi connectivity index (χ2n) is 8.40. The highest BCUT2D eigenvalue weighted by Gasteiger charge is 2.25. The minimum atomic E-state index is -0.353. The lowest BCUT2D eigenvalue weighted by Crippen LogP contribution is -2.43. The first-order valence-electron chi connectivity index (χ1n) is 11.5. The van der Waals surface area contributed by atoms with Gasteiger partial charge in [-0.2, -0.15) is 0 Å². The number of nitrogens with one attached hydrogen (secondary N) is 3. The van der Waals surface area contributed by atoms with Gasteiger partial charge in [-0.1, -0.05) is 61.5 Å². The first kappa shape index (κ1) is 25.2. The first-order valence-corrected chi connectivity index (χ1v) is 11.5. The highest BCUT2D eigenvalue weighted by molar-refractivity contribution is 5.79. The normalized spacial score (nSPS) is 15.5. The van der Waals surface area contributed by atoms with E-state index in [2.05, 4.69) is 40.5 Å². The summed E-state index contributed by atoms with van der Waals surface area (Å²) < 4.78 is 5.15. The molecule has 0 unspecified atom stereocenters. The van der Waals surface area contributed by atoms with Crippen molar-refractivity contribution in [2.24, 2.45) is 5.92 Å². The smallest absolute Gasteiger partial charge is 0.348 e. The summed E-state index contributed by atoms with van der Waals surface area (Å²) in [7, 11) is 1.66. The lowest BCUT2D eigenvalue weighted by atomic mass is 9.94. The van der Waals surface area contributed by atoms with E-state index in [9.17, 15) is 14.4 Å². The van der Waals surface area contributed by atoms with Crippen LogP contribution < -0.4 is 16.3 Å². The van der Waals surface area contributed by atoms with Gasteiger partial charge < -0.3 is 10.1 Å². The monoisotopic (exact) mass is 467 g/mol. The molecule has 0 aromatic heterocycles. The molecule has 0 aliphatic carbocycles. The Balaban J connectivity index is 1.63. The molecule has 1 saturated heterocycles. The Morgan fingerprint density at radius 2 is 1.74 bits per heavy atom. The minimum absolute atomic E-state index is 0.130. The largest absolute Gasteiger partial charge is 0.466 e. The number of esters is 1. The van der Waals surface area contributed by atoms with Crippen LogP contribution in [0.5, 0.6) is 0 Å². The highest BCUT2D eigenvalue weighted by Crippen LogP contribution is 2.21. The summed E-state index contributed by atoms with van der Waals surface area (Å²) in [4.78, 5) is 36.7. The van der Waals surface area contributed by atoms with Crippen LogP contribution in [0.1, 0.15) is 32.3 Å². The second-order valence-corrected chi connectivity index (χ2v) is 8.40. The van der Waals surface area contributed by atoms with Crippen LogP contribution in [-0.2, 0) is 20.7 Å². The van der Waals surface area contributed by atoms with Gasteiger partial charge in [0.15, 0.2) is 0 Å². The maximum Gasteiger partial charge on any atom is 0.348 e. The molecule has 0 spiro atoms. The molecule has 9 heteroatoms. The molecule has 9 nitrogen and oxygen atoms in total. The van der Waals surface area contributed by atoms with E-state index in [0.29, 0.717) is 19.4 Å². The molecule has 0 bridgehead atoms. The average Bonchev–Trinajstić information content (AvgIpc) is 3.15. The van der Waals surface area contributed by atoms with Crippen molar-refractivity contribution in [1.82, 2.24) is 26.4 Å². The molecule has 3 amide bonds. The fourth-order valence-electron chi connectivity index (χ4n) is 3.87. The number of rotatable bonds is 11. The van der Waals surface area contributed by atoms with E-state index in [4.69, 9.17) is 4.74 Å². The van der Waals surface area contributed by atoms with Gasteiger partial charge in [-0.05, 0) is 36.5 Å². The number of amides is 3. The van der Waals surface area contributed by atoms with Gasteiger partial charge in [-0.15, -0.1) is 10.7 Å². The Morgan fingerprint density at radius 3 is 2.35 bits per heavy atom. The molecular weight excluding hydrogens is 434 g/mol. The van der Waals surface area contributed by atoms with E-state index in [1.54, 1.807) is 14.0 Å². The lowest BCUT2D eigenvalue weighted by molar-refractivity contribution is -0.148. The first-order chi connectivity index (χ1) is 16.4. The van der Waals surface area contributed by atoms with Gasteiger partial charge in [-0.3, -0.25) is 15.0 Å². The lowest BCUT2D eigenvalue weighted by Gasteiger charge is -2.23. The van der Waals surface area contributed by atoms with Crippen molar-refractivity contribution in [3.8, 4) is 11.1 Å². The quantitative estimate of drug-likeness (QED) is 0.439. The summed E-state index contributed by atoms with van der Waals surface area (Å²) in [6.45, 7) is 4.12. The maximum atomic E-state index is 12.7. The van der Waals surface area contributed by atoms with E-state index in [1.165, 1.54) is 10.1 Å². The molecule has 34 heavy (non-hydrogen) atoms. The Bertz CT molecular complexity index is 967. The third-order valence-corrected chi connectivity index (χ3v) is 5.58. The zero-order chi connectivity index (χ0) is 24.5. The minimum Gasteiger partial charge on any atom is -0.466 e. The summed E-state index contributed by atoms with van der Waals surface area (Å²) in [5, 5.41) is 5.79. The SMILES string of the molecule is CCOC(=O)[C@H](C)C[C@@H](Cc1ccc(-c2ccccc2)cc1)NC(=O)CCN1NN(C)NC1=O. The fraction of sp³-hybridized carbons (Fsp3) is 0.400. The Morgan fingerprint density at radius 1 is 1.06 bits per heavy atom. The zero-order valence-corrected chi connectivity index (χ0v) is 19.9. The fourth-order valence-corrected chi connectivity index (χ4v) is 3.87. The van der Waals surface area contributed by atoms with Gasteiger partial charge in [0.25, 0.3) is 0 Å². The summed E-state index contributed by atoms with van der Waals surface area (Å²) in [6, 6.07) is 17.8. The maximum absolute atomic E-state index is 12.7. The highest BCUT2D eigenvalue weighted by atomic mass is 16.5. The molecule has 2 atom stereocenters. The average molecular weight is 468 g/mol. The number of carbonyl (C=O) groups is 3. The predicted octanol–water partition coefficient (Wildman–Crippen LogP) is 2.65. The van der Waals surface area contributed by atoms with Gasteiger partial charge in [-0.25, -0.2) is 9.80 Å². The third-order valence-electron chi connectivity index (χ3n) is 5.58. The molecule has 1 heterocycles. The standard InChI is InChI=1S/C25H33N5O4/c1-4-34-24(32)18(2)16-22(26-23(31)14-15-30-25(33)27-29(3)28-30)17-19-10-12-21(13-11-19)20-8-6-5-7-9-20/h5-13,18,22,28H,4,14-17H2,1-3H3,(H,26,31)(H,27,33)/t18-,22+/m1/s1. The van der Waals surface area contributed by atoms with E-state index in [0.717, 1.165) is 16.7 Å². The van der Waals surface area contributed by atoms with Crippen molar-refractivity contribution in [1.29, 1.82) is 0 Å². The predicted molar refractivity (Wildman–Crippen MR) is 129 cm³/mol. The molecule has 1 aliphatic heterocycles. The summed E-state index contributed by atoms with van der Waals surface area (Å²) in [6.07, 6.45) is 1.16. The number of ether oxygens (including phenoxy) is 1. The molecule has 182 valence electrons. The van der Waals surface area contributed by atoms with Crippen molar-refractivity contribution in [3.63, 3.8) is 0 Å². The van der Waals surface area contributed by atoms with Gasteiger partial charge in [0.05, 0.1) is 12.5 Å². The van der Waals surface area contributed by atoms with Gasteiger partial charge in [0.1, 0.15) is 0 Å². The molecule has 2 aromatic carbocycles. The number of nitrogens with zero attached hydrogens (tertiary/aromatic N) is 2. The van der Waals surface area contributed by atoms with E-state index < -0.39 is 0 Å². The molecule has 0 saturated carbocycles. The van der Waals surface area contributed by atoms with Crippen molar-refractivity contribution >= 4 is 17.9 Å². The van der Waals surface area contributed by atoms with Crippen LogP contribution in [0.2, 0.25) is 0 Å². The summed E-state index contributed by atoms with van der Waals surface area (Å²) in [5.41, 5.74) is 8.67. The van der Waals surface area contributed by atoms with Crippen LogP contribution in [0.4, 0.5) is 4.79 Å². The number of hydrogen-bond donors (Lipinski definition) is 3. The van der Waals surface area contributed by atoms with E-state index in [-0.39, 0.29) is 42.8 Å². The second kappa shape index (κ2) is 12.2. The molecule has 1 fully saturated rings. The Hall–Kier alpha value is -3.43. The number of hydrogen-bond acceptors (Lipinski definition) is 6. The number of benzene rings is 2. The molecule has 1 aliphatic rings. The summed E-state index contributed by atoms with van der Waals surface area (Å²) >= 11 is 0. The van der Waals surface area contributed by atoms with Crippen molar-refractivity contribution in [2.75, 3.05) is 20.2 Å². The number of urea groups is 1. The van der Waals surface area contributed by atoms with Crippen LogP contribution >= 0.6 is 0 Å². The zero-order valence-electron chi connectivity index (χ0n) is 19.9. The Labute approximate surface area is 200 Å². The van der Waals surface area contributed by atoms with Gasteiger partial charge >= 0.3 is 12.0 Å². The van der Waals surface area contributed by atoms with Gasteiger partial charge in [0.2, 0.25) is 5.91 Å². The van der Waals surface area contributed by atoms with E-state index >= 15 is 0 Å². The van der Waals surface area contributed by atoms with Crippen molar-refractivity contribution in [2.45, 2.75) is 39.2 Å². The van der Waals surface area contributed by atoms with E-state index in [1.807, 2.05) is 37.3 Å². The van der Waals surface area contributed by atoms with Crippen LogP contribution in [-0.4, -0.2) is 54.3 Å². The topological polar surface area (TPSA) is 103 Å². The molecule has 3 rings (SSSR count). The number of carbonyl (C=O) groups excluding carboxylic acids is 3. The molecular formula is C25H33N5O4.